The molecule has 6 heteroatoms. The summed E-state index contributed by atoms with van der Waals surface area (Å²) in [5.74, 6) is -0.198. The van der Waals surface area contributed by atoms with Crippen LogP contribution < -0.4 is 0 Å². The van der Waals surface area contributed by atoms with Gasteiger partial charge in [-0.05, 0) is 75.1 Å². The van der Waals surface area contributed by atoms with E-state index in [0.29, 0.717) is 5.56 Å². The molecule has 1 saturated heterocycles. The summed E-state index contributed by atoms with van der Waals surface area (Å²) in [7, 11) is 0. The molecule has 0 amide bonds. The standard InChI is InChI=1S/C21H23FN2O3/c22-19-7-5-17(6-8-19)21(25)18-11-14-23(15-12-18)13-1-2-16-3-9-20(10-4-16)24(26)27/h3-10,18H,1-2,11-15H2. The van der Waals surface area contributed by atoms with Crippen molar-refractivity contribution in [3.8, 4) is 0 Å². The third-order valence-corrected chi connectivity index (χ3v) is 5.17. The number of rotatable bonds is 7. The number of carbonyl (C=O) groups excluding carboxylic acids is 1. The Morgan fingerprint density at radius 2 is 1.70 bits per heavy atom. The normalized spacial score (nSPS) is 15.6. The first-order chi connectivity index (χ1) is 13.0. The lowest BCUT2D eigenvalue weighted by molar-refractivity contribution is -0.384. The molecule has 1 aliphatic heterocycles. The van der Waals surface area contributed by atoms with Crippen molar-refractivity contribution in [3.05, 3.63) is 75.6 Å². The van der Waals surface area contributed by atoms with Gasteiger partial charge in [0.05, 0.1) is 4.92 Å². The van der Waals surface area contributed by atoms with Crippen LogP contribution >= 0.6 is 0 Å². The molecule has 2 aromatic rings. The second-order valence-corrected chi connectivity index (χ2v) is 7.01. The van der Waals surface area contributed by atoms with Gasteiger partial charge in [-0.2, -0.15) is 0 Å². The largest absolute Gasteiger partial charge is 0.303 e. The lowest BCUT2D eigenvalue weighted by Crippen LogP contribution is -2.37. The first kappa shape index (κ1) is 19.2. The molecule has 0 N–H and O–H groups in total. The molecule has 0 saturated carbocycles. The van der Waals surface area contributed by atoms with Crippen LogP contribution in [0.15, 0.2) is 48.5 Å². The molecule has 0 spiro atoms. The fourth-order valence-electron chi connectivity index (χ4n) is 3.56. The first-order valence-electron chi connectivity index (χ1n) is 9.28. The molecule has 142 valence electrons. The van der Waals surface area contributed by atoms with Gasteiger partial charge >= 0.3 is 0 Å². The summed E-state index contributed by atoms with van der Waals surface area (Å²) in [4.78, 5) is 25.1. The first-order valence-corrected chi connectivity index (χ1v) is 9.28. The molecule has 2 aromatic carbocycles. The van der Waals surface area contributed by atoms with Crippen LogP contribution in [0.2, 0.25) is 0 Å². The van der Waals surface area contributed by atoms with Gasteiger partial charge in [0.15, 0.2) is 5.78 Å². The number of piperidine rings is 1. The van der Waals surface area contributed by atoms with E-state index in [-0.39, 0.29) is 28.1 Å². The zero-order valence-corrected chi connectivity index (χ0v) is 15.1. The SMILES string of the molecule is O=C(c1ccc(F)cc1)C1CCN(CCCc2ccc([N+](=O)[O-])cc2)CC1. The van der Waals surface area contributed by atoms with E-state index >= 15 is 0 Å². The molecular weight excluding hydrogens is 347 g/mol. The van der Waals surface area contributed by atoms with Crippen LogP contribution in [0, 0.1) is 21.8 Å². The molecule has 0 aliphatic carbocycles. The second kappa shape index (κ2) is 8.86. The number of non-ortho nitro benzene ring substituents is 1. The number of Topliss-reactive ketones (excluding diaryl/α,β-unsaturated/α-hetero) is 1. The van der Waals surface area contributed by atoms with E-state index in [1.807, 2.05) is 12.1 Å². The molecular formula is C21H23FN2O3. The van der Waals surface area contributed by atoms with Gasteiger partial charge in [-0.1, -0.05) is 12.1 Å². The summed E-state index contributed by atoms with van der Waals surface area (Å²) >= 11 is 0. The summed E-state index contributed by atoms with van der Waals surface area (Å²) in [6.45, 7) is 2.73. The molecule has 1 fully saturated rings. The van der Waals surface area contributed by atoms with Gasteiger partial charge in [0.25, 0.3) is 5.69 Å². The van der Waals surface area contributed by atoms with Gasteiger partial charge in [0, 0.05) is 23.6 Å². The lowest BCUT2D eigenvalue weighted by atomic mass is 9.89. The highest BCUT2D eigenvalue weighted by Gasteiger charge is 2.25. The van der Waals surface area contributed by atoms with Crippen molar-refractivity contribution >= 4 is 11.5 Å². The Kier molecular flexibility index (Phi) is 6.29. The minimum Gasteiger partial charge on any atom is -0.303 e. The number of halogens is 1. The predicted molar refractivity (Wildman–Crippen MR) is 101 cm³/mol. The number of nitrogens with zero attached hydrogens (tertiary/aromatic N) is 2. The Bertz CT molecular complexity index is 782. The highest BCUT2D eigenvalue weighted by Crippen LogP contribution is 2.22. The number of aryl methyl sites for hydroxylation is 1. The number of carbonyl (C=O) groups is 1. The Labute approximate surface area is 158 Å². The third kappa shape index (κ3) is 5.20. The Morgan fingerprint density at radius 3 is 2.30 bits per heavy atom. The van der Waals surface area contributed by atoms with E-state index in [9.17, 15) is 19.3 Å². The van der Waals surface area contributed by atoms with Crippen LogP contribution in [0.5, 0.6) is 0 Å². The van der Waals surface area contributed by atoms with Crippen LogP contribution in [-0.2, 0) is 6.42 Å². The highest BCUT2D eigenvalue weighted by molar-refractivity contribution is 5.97. The van der Waals surface area contributed by atoms with Crippen molar-refractivity contribution in [2.45, 2.75) is 25.7 Å². The van der Waals surface area contributed by atoms with E-state index in [1.165, 1.54) is 12.1 Å². The van der Waals surface area contributed by atoms with E-state index in [4.69, 9.17) is 0 Å². The molecule has 0 unspecified atom stereocenters. The monoisotopic (exact) mass is 370 g/mol. The van der Waals surface area contributed by atoms with Crippen LogP contribution in [0.4, 0.5) is 10.1 Å². The zero-order chi connectivity index (χ0) is 19.2. The molecule has 1 heterocycles. The van der Waals surface area contributed by atoms with Gasteiger partial charge in [-0.15, -0.1) is 0 Å². The number of hydrogen-bond acceptors (Lipinski definition) is 4. The Morgan fingerprint density at radius 1 is 1.07 bits per heavy atom. The number of likely N-dealkylation sites (tertiary alicyclic amines) is 1. The van der Waals surface area contributed by atoms with Crippen molar-refractivity contribution in [2.24, 2.45) is 5.92 Å². The predicted octanol–water partition coefficient (Wildman–Crippen LogP) is 4.26. The van der Waals surface area contributed by atoms with Crippen molar-refractivity contribution in [1.29, 1.82) is 0 Å². The number of nitro groups is 1. The van der Waals surface area contributed by atoms with Gasteiger partial charge < -0.3 is 4.90 Å². The van der Waals surface area contributed by atoms with Crippen LogP contribution in [-0.4, -0.2) is 35.2 Å². The average Bonchev–Trinajstić information content (AvgIpc) is 2.69. The van der Waals surface area contributed by atoms with Crippen LogP contribution in [0.25, 0.3) is 0 Å². The molecule has 5 nitrogen and oxygen atoms in total. The Balaban J connectivity index is 1.41. The number of ketones is 1. The summed E-state index contributed by atoms with van der Waals surface area (Å²) in [6.07, 6.45) is 3.52. The average molecular weight is 370 g/mol. The minimum absolute atomic E-state index is 0.0152. The Hall–Kier alpha value is -2.60. The molecule has 27 heavy (non-hydrogen) atoms. The number of nitro benzene ring substituents is 1. The number of benzene rings is 2. The van der Waals surface area contributed by atoms with Crippen LogP contribution in [0.3, 0.4) is 0 Å². The van der Waals surface area contributed by atoms with Gasteiger partial charge in [0.2, 0.25) is 0 Å². The molecule has 0 radical (unpaired) electrons. The maximum absolute atomic E-state index is 13.0. The second-order valence-electron chi connectivity index (χ2n) is 7.01. The van der Waals surface area contributed by atoms with Crippen molar-refractivity contribution in [2.75, 3.05) is 19.6 Å². The van der Waals surface area contributed by atoms with E-state index in [0.717, 1.165) is 50.9 Å². The maximum atomic E-state index is 13.0. The van der Waals surface area contributed by atoms with Crippen LogP contribution in [0.1, 0.15) is 35.2 Å². The fraction of sp³-hybridized carbons (Fsp3) is 0.381. The smallest absolute Gasteiger partial charge is 0.269 e. The van der Waals surface area contributed by atoms with E-state index < -0.39 is 0 Å². The molecule has 1 aliphatic rings. The van der Waals surface area contributed by atoms with Crippen molar-refractivity contribution in [1.82, 2.24) is 4.90 Å². The lowest BCUT2D eigenvalue weighted by Gasteiger charge is -2.31. The van der Waals surface area contributed by atoms with E-state index in [2.05, 4.69) is 4.90 Å². The van der Waals surface area contributed by atoms with Gasteiger partial charge in [-0.3, -0.25) is 14.9 Å². The van der Waals surface area contributed by atoms with Crippen molar-refractivity contribution in [3.63, 3.8) is 0 Å². The van der Waals surface area contributed by atoms with Crippen molar-refractivity contribution < 1.29 is 14.1 Å². The summed E-state index contributed by atoms with van der Waals surface area (Å²) in [6, 6.07) is 12.5. The summed E-state index contributed by atoms with van der Waals surface area (Å²) in [5, 5.41) is 10.7. The van der Waals surface area contributed by atoms with E-state index in [1.54, 1.807) is 24.3 Å². The quantitative estimate of drug-likeness (QED) is 0.415. The third-order valence-electron chi connectivity index (χ3n) is 5.17. The fourth-order valence-corrected chi connectivity index (χ4v) is 3.56. The summed E-state index contributed by atoms with van der Waals surface area (Å²) < 4.78 is 13.0. The summed E-state index contributed by atoms with van der Waals surface area (Å²) in [5.41, 5.74) is 1.81. The molecule has 0 atom stereocenters. The highest BCUT2D eigenvalue weighted by atomic mass is 19.1. The van der Waals surface area contributed by atoms with Gasteiger partial charge in [0.1, 0.15) is 5.82 Å². The zero-order valence-electron chi connectivity index (χ0n) is 15.1. The maximum Gasteiger partial charge on any atom is 0.269 e. The van der Waals surface area contributed by atoms with Gasteiger partial charge in [-0.25, -0.2) is 4.39 Å². The molecule has 0 aromatic heterocycles. The minimum atomic E-state index is -0.388. The molecule has 3 rings (SSSR count). The molecule has 0 bridgehead atoms. The number of hydrogen-bond donors (Lipinski definition) is 0. The topological polar surface area (TPSA) is 63.5 Å².